The van der Waals surface area contributed by atoms with Crippen molar-refractivity contribution in [2.24, 2.45) is 0 Å². The van der Waals surface area contributed by atoms with Gasteiger partial charge in [-0.2, -0.15) is 0 Å². The van der Waals surface area contributed by atoms with Gasteiger partial charge in [-0.3, -0.25) is 0 Å². The van der Waals surface area contributed by atoms with Crippen molar-refractivity contribution >= 4 is 5.97 Å². The van der Waals surface area contributed by atoms with Gasteiger partial charge in [0.1, 0.15) is 17.1 Å². The Morgan fingerprint density at radius 3 is 2.50 bits per heavy atom. The van der Waals surface area contributed by atoms with Crippen LogP contribution in [-0.2, 0) is 0 Å². The van der Waals surface area contributed by atoms with Crippen molar-refractivity contribution in [3.63, 3.8) is 0 Å². The van der Waals surface area contributed by atoms with Gasteiger partial charge in [-0.05, 0) is 23.8 Å². The van der Waals surface area contributed by atoms with Gasteiger partial charge in [-0.25, -0.2) is 4.79 Å². The summed E-state index contributed by atoms with van der Waals surface area (Å²) < 4.78 is 5.22. The molecule has 0 fully saturated rings. The van der Waals surface area contributed by atoms with Crippen LogP contribution in [0.4, 0.5) is 0 Å². The summed E-state index contributed by atoms with van der Waals surface area (Å²) in [6.07, 6.45) is 0. The number of phenols is 1. The number of para-hydroxylation sites is 1. The van der Waals surface area contributed by atoms with Crippen molar-refractivity contribution in [1.82, 2.24) is 0 Å². The van der Waals surface area contributed by atoms with Crippen LogP contribution in [0.5, 0.6) is 11.5 Å². The van der Waals surface area contributed by atoms with E-state index in [1.54, 1.807) is 19.2 Å². The first kappa shape index (κ1) is 12.0. The highest BCUT2D eigenvalue weighted by molar-refractivity contribution is 5.92. The molecule has 0 unspecified atom stereocenters. The van der Waals surface area contributed by atoms with Gasteiger partial charge >= 0.3 is 5.97 Å². The van der Waals surface area contributed by atoms with Crippen LogP contribution in [0.3, 0.4) is 0 Å². The van der Waals surface area contributed by atoms with Crippen LogP contribution in [0.1, 0.15) is 10.4 Å². The van der Waals surface area contributed by atoms with Gasteiger partial charge in [0.2, 0.25) is 0 Å². The summed E-state index contributed by atoms with van der Waals surface area (Å²) in [7, 11) is 1.56. The third-order valence-corrected chi connectivity index (χ3v) is 2.65. The second kappa shape index (κ2) is 4.79. The monoisotopic (exact) mass is 244 g/mol. The molecule has 0 radical (unpaired) electrons. The van der Waals surface area contributed by atoms with E-state index in [9.17, 15) is 9.90 Å². The van der Waals surface area contributed by atoms with E-state index in [2.05, 4.69) is 0 Å². The van der Waals surface area contributed by atoms with Gasteiger partial charge in [0.05, 0.1) is 7.11 Å². The lowest BCUT2D eigenvalue weighted by atomic mass is 10.0. The van der Waals surface area contributed by atoms with Gasteiger partial charge in [-0.15, -0.1) is 0 Å². The largest absolute Gasteiger partial charge is 0.507 e. The van der Waals surface area contributed by atoms with Crippen LogP contribution in [0.2, 0.25) is 0 Å². The van der Waals surface area contributed by atoms with E-state index in [0.29, 0.717) is 11.3 Å². The lowest BCUT2D eigenvalue weighted by Gasteiger charge is -2.09. The lowest BCUT2D eigenvalue weighted by Crippen LogP contribution is -1.96. The molecule has 4 nitrogen and oxygen atoms in total. The Labute approximate surface area is 104 Å². The minimum absolute atomic E-state index is 0.117. The number of methoxy groups -OCH3 is 1. The molecule has 0 atom stereocenters. The van der Waals surface area contributed by atoms with Gasteiger partial charge in [0.15, 0.2) is 0 Å². The standard InChI is InChI=1S/C14H12O4/c1-18-13-5-3-2-4-10(13)9-6-7-11(14(16)17)12(15)8-9/h2-8,15H,1H3,(H,16,17). The molecule has 4 heteroatoms. The van der Waals surface area contributed by atoms with E-state index in [4.69, 9.17) is 9.84 Å². The maximum Gasteiger partial charge on any atom is 0.339 e. The van der Waals surface area contributed by atoms with Crippen LogP contribution in [-0.4, -0.2) is 23.3 Å². The number of carboxylic acid groups (broad SMARTS) is 1. The fraction of sp³-hybridized carbons (Fsp3) is 0.0714. The SMILES string of the molecule is COc1ccccc1-c1ccc(C(=O)O)c(O)c1. The van der Waals surface area contributed by atoms with Crippen molar-refractivity contribution in [3.05, 3.63) is 48.0 Å². The summed E-state index contributed by atoms with van der Waals surface area (Å²) in [6, 6.07) is 11.8. The van der Waals surface area contributed by atoms with Crippen molar-refractivity contribution in [2.75, 3.05) is 7.11 Å². The van der Waals surface area contributed by atoms with Crippen LogP contribution in [0, 0.1) is 0 Å². The molecule has 0 aliphatic carbocycles. The summed E-state index contributed by atoms with van der Waals surface area (Å²) in [4.78, 5) is 10.8. The van der Waals surface area contributed by atoms with Crippen molar-refractivity contribution < 1.29 is 19.7 Å². The molecule has 18 heavy (non-hydrogen) atoms. The normalized spacial score (nSPS) is 10.1. The van der Waals surface area contributed by atoms with E-state index >= 15 is 0 Å². The summed E-state index contributed by atoms with van der Waals surface area (Å²) in [5.74, 6) is -0.745. The topological polar surface area (TPSA) is 66.8 Å². The molecular weight excluding hydrogens is 232 g/mol. The van der Waals surface area contributed by atoms with Crippen molar-refractivity contribution in [3.8, 4) is 22.6 Å². The minimum Gasteiger partial charge on any atom is -0.507 e. The molecule has 0 bridgehead atoms. The molecule has 0 saturated heterocycles. The predicted molar refractivity (Wildman–Crippen MR) is 67.1 cm³/mol. The number of carbonyl (C=O) groups is 1. The maximum atomic E-state index is 10.8. The van der Waals surface area contributed by atoms with Crippen LogP contribution >= 0.6 is 0 Å². The summed E-state index contributed by atoms with van der Waals surface area (Å²) in [6.45, 7) is 0. The number of hydrogen-bond donors (Lipinski definition) is 2. The predicted octanol–water partition coefficient (Wildman–Crippen LogP) is 2.77. The smallest absolute Gasteiger partial charge is 0.339 e. The average Bonchev–Trinajstić information content (AvgIpc) is 2.38. The molecule has 0 aromatic heterocycles. The number of aromatic hydroxyl groups is 1. The van der Waals surface area contributed by atoms with Gasteiger partial charge in [-0.1, -0.05) is 24.3 Å². The number of benzene rings is 2. The first-order chi connectivity index (χ1) is 8.63. The zero-order valence-corrected chi connectivity index (χ0v) is 9.75. The number of rotatable bonds is 3. The molecule has 2 rings (SSSR count). The third kappa shape index (κ3) is 2.13. The molecule has 2 aromatic rings. The van der Waals surface area contributed by atoms with E-state index in [1.165, 1.54) is 12.1 Å². The fourth-order valence-corrected chi connectivity index (χ4v) is 1.76. The van der Waals surface area contributed by atoms with Gasteiger partial charge < -0.3 is 14.9 Å². The number of carboxylic acids is 1. The number of aromatic carboxylic acids is 1. The molecule has 0 aliphatic heterocycles. The fourth-order valence-electron chi connectivity index (χ4n) is 1.76. The Balaban J connectivity index is 2.52. The zero-order chi connectivity index (χ0) is 13.1. The number of ether oxygens (including phenoxy) is 1. The van der Waals surface area contributed by atoms with Crippen molar-refractivity contribution in [1.29, 1.82) is 0 Å². The van der Waals surface area contributed by atoms with E-state index in [1.807, 2.05) is 18.2 Å². The highest BCUT2D eigenvalue weighted by Gasteiger charge is 2.12. The molecule has 0 saturated carbocycles. The summed E-state index contributed by atoms with van der Waals surface area (Å²) in [5.41, 5.74) is 1.39. The highest BCUT2D eigenvalue weighted by Crippen LogP contribution is 2.32. The third-order valence-electron chi connectivity index (χ3n) is 2.65. The quantitative estimate of drug-likeness (QED) is 0.871. The Kier molecular flexibility index (Phi) is 3.19. The summed E-state index contributed by atoms with van der Waals surface area (Å²) >= 11 is 0. The van der Waals surface area contributed by atoms with Gasteiger partial charge in [0, 0.05) is 5.56 Å². The molecule has 0 aliphatic rings. The molecular formula is C14H12O4. The molecule has 0 spiro atoms. The van der Waals surface area contributed by atoms with Crippen molar-refractivity contribution in [2.45, 2.75) is 0 Å². The first-order valence-corrected chi connectivity index (χ1v) is 5.33. The Bertz CT molecular complexity index is 590. The van der Waals surface area contributed by atoms with E-state index < -0.39 is 5.97 Å². The molecule has 0 heterocycles. The molecule has 2 N–H and O–H groups in total. The number of hydrogen-bond acceptors (Lipinski definition) is 3. The Morgan fingerprint density at radius 2 is 1.89 bits per heavy atom. The minimum atomic E-state index is -1.15. The zero-order valence-electron chi connectivity index (χ0n) is 9.75. The van der Waals surface area contributed by atoms with Crippen LogP contribution < -0.4 is 4.74 Å². The second-order valence-electron chi connectivity index (χ2n) is 3.74. The Morgan fingerprint density at radius 1 is 1.17 bits per heavy atom. The molecule has 92 valence electrons. The average molecular weight is 244 g/mol. The lowest BCUT2D eigenvalue weighted by molar-refractivity contribution is 0.0694. The van der Waals surface area contributed by atoms with E-state index in [0.717, 1.165) is 5.56 Å². The van der Waals surface area contributed by atoms with Gasteiger partial charge in [0.25, 0.3) is 0 Å². The Hall–Kier alpha value is -2.49. The molecule has 0 amide bonds. The van der Waals surface area contributed by atoms with Crippen LogP contribution in [0.15, 0.2) is 42.5 Å². The van der Waals surface area contributed by atoms with Crippen LogP contribution in [0.25, 0.3) is 11.1 Å². The second-order valence-corrected chi connectivity index (χ2v) is 3.74. The summed E-state index contributed by atoms with van der Waals surface area (Å²) in [5, 5.41) is 18.5. The highest BCUT2D eigenvalue weighted by atomic mass is 16.5. The molecule has 2 aromatic carbocycles. The first-order valence-electron chi connectivity index (χ1n) is 5.33. The van der Waals surface area contributed by atoms with E-state index in [-0.39, 0.29) is 11.3 Å². The maximum absolute atomic E-state index is 10.8.